The highest BCUT2D eigenvalue weighted by atomic mass is 32.2. The van der Waals surface area contributed by atoms with Crippen LogP contribution >= 0.6 is 0 Å². The van der Waals surface area contributed by atoms with Crippen LogP contribution in [0.25, 0.3) is 11.0 Å². The average Bonchev–Trinajstić information content (AvgIpc) is 2.96. The Bertz CT molecular complexity index is 1300. The minimum atomic E-state index is -3.88. The minimum absolute atomic E-state index is 0.115. The predicted octanol–water partition coefficient (Wildman–Crippen LogP) is 5.16. The maximum Gasteiger partial charge on any atom is 0.289 e. The van der Waals surface area contributed by atoms with Crippen molar-refractivity contribution in [1.29, 1.82) is 0 Å². The summed E-state index contributed by atoms with van der Waals surface area (Å²) in [7, 11) is -3.88. The van der Waals surface area contributed by atoms with Gasteiger partial charge >= 0.3 is 0 Å². The van der Waals surface area contributed by atoms with E-state index in [1.807, 2.05) is 56.0 Å². The van der Waals surface area contributed by atoms with Crippen molar-refractivity contribution in [3.8, 4) is 0 Å². The van der Waals surface area contributed by atoms with Gasteiger partial charge in [0.15, 0.2) is 11.3 Å². The van der Waals surface area contributed by atoms with E-state index in [1.165, 1.54) is 0 Å². The number of carbonyl (C=O) groups is 1. The van der Waals surface area contributed by atoms with Crippen molar-refractivity contribution in [3.63, 3.8) is 0 Å². The van der Waals surface area contributed by atoms with Crippen molar-refractivity contribution in [1.82, 2.24) is 9.62 Å². The summed E-state index contributed by atoms with van der Waals surface area (Å²) < 4.78 is 35.8. The zero-order valence-corrected chi connectivity index (χ0v) is 20.6. The minimum Gasteiger partial charge on any atom is -0.449 e. The van der Waals surface area contributed by atoms with Crippen LogP contribution in [0.3, 0.4) is 0 Å². The van der Waals surface area contributed by atoms with Gasteiger partial charge in [0.1, 0.15) is 4.90 Å². The molecule has 2 aromatic carbocycles. The Kier molecular flexibility index (Phi) is 6.64. The molecular weight excluding hydrogens is 436 g/mol. The molecular formula is C26H32N2O4S. The van der Waals surface area contributed by atoms with E-state index in [2.05, 4.69) is 4.72 Å². The zero-order valence-electron chi connectivity index (χ0n) is 19.8. The lowest BCUT2D eigenvalue weighted by atomic mass is 10.0. The van der Waals surface area contributed by atoms with Crippen LogP contribution in [0, 0.1) is 27.7 Å². The van der Waals surface area contributed by atoms with Gasteiger partial charge in [-0.15, -0.1) is 0 Å². The number of nitrogens with one attached hydrogen (secondary N) is 1. The van der Waals surface area contributed by atoms with Crippen LogP contribution in [0.4, 0.5) is 0 Å². The van der Waals surface area contributed by atoms with E-state index in [4.69, 9.17) is 4.42 Å². The van der Waals surface area contributed by atoms with Gasteiger partial charge in [-0.25, -0.2) is 13.1 Å². The van der Waals surface area contributed by atoms with Gasteiger partial charge in [0.2, 0.25) is 10.0 Å². The summed E-state index contributed by atoms with van der Waals surface area (Å²) in [6.45, 7) is 9.05. The molecule has 1 amide bonds. The first-order valence-electron chi connectivity index (χ1n) is 11.6. The third-order valence-corrected chi connectivity index (χ3v) is 8.32. The molecule has 1 N–H and O–H groups in total. The number of benzene rings is 2. The van der Waals surface area contributed by atoms with Crippen molar-refractivity contribution in [2.24, 2.45) is 0 Å². The standard InChI is InChI=1S/C26H32N2O4S/c1-17-11-7-8-12-21(17)16-27-33(30,31)25-19(3)18(2)15-22-20(4)23(32-24(22)25)26(29)28-13-9-5-6-10-14-28/h7-8,11-12,15,27H,5-6,9-10,13-14,16H2,1-4H3. The van der Waals surface area contributed by atoms with Crippen molar-refractivity contribution < 1.29 is 17.6 Å². The van der Waals surface area contributed by atoms with Crippen LogP contribution in [0.2, 0.25) is 0 Å². The Morgan fingerprint density at radius 1 is 0.970 bits per heavy atom. The predicted molar refractivity (Wildman–Crippen MR) is 130 cm³/mol. The van der Waals surface area contributed by atoms with Gasteiger partial charge in [-0.2, -0.15) is 0 Å². The number of sulfonamides is 1. The highest BCUT2D eigenvalue weighted by Crippen LogP contribution is 2.35. The number of amides is 1. The lowest BCUT2D eigenvalue weighted by Crippen LogP contribution is -2.31. The number of fused-ring (bicyclic) bond motifs is 1. The van der Waals surface area contributed by atoms with E-state index in [-0.39, 0.29) is 28.7 Å². The first-order valence-corrected chi connectivity index (χ1v) is 13.1. The number of furan rings is 1. The molecule has 0 radical (unpaired) electrons. The van der Waals surface area contributed by atoms with Gasteiger partial charge in [-0.05, 0) is 68.9 Å². The fourth-order valence-electron chi connectivity index (χ4n) is 4.54. The van der Waals surface area contributed by atoms with Crippen LogP contribution in [0.15, 0.2) is 39.6 Å². The fourth-order valence-corrected chi connectivity index (χ4v) is 5.99. The molecule has 4 rings (SSSR count). The Morgan fingerprint density at radius 2 is 1.64 bits per heavy atom. The average molecular weight is 469 g/mol. The number of nitrogens with zero attached hydrogens (tertiary/aromatic N) is 1. The van der Waals surface area contributed by atoms with Crippen molar-refractivity contribution in [3.05, 3.63) is 63.9 Å². The van der Waals surface area contributed by atoms with Crippen LogP contribution in [0.1, 0.15) is 64.1 Å². The summed E-state index contributed by atoms with van der Waals surface area (Å²) in [5.41, 5.74) is 4.35. The quantitative estimate of drug-likeness (QED) is 0.561. The molecule has 33 heavy (non-hydrogen) atoms. The maximum absolute atomic E-state index is 13.5. The van der Waals surface area contributed by atoms with E-state index in [9.17, 15) is 13.2 Å². The normalized spacial score (nSPS) is 15.1. The SMILES string of the molecule is Cc1ccccc1CNS(=O)(=O)c1c(C)c(C)cc2c(C)c(C(=O)N3CCCCCC3)oc12. The second kappa shape index (κ2) is 9.31. The molecule has 0 bridgehead atoms. The highest BCUT2D eigenvalue weighted by molar-refractivity contribution is 7.89. The second-order valence-electron chi connectivity index (χ2n) is 9.04. The molecule has 0 unspecified atom stereocenters. The summed E-state index contributed by atoms with van der Waals surface area (Å²) in [6, 6.07) is 9.60. The highest BCUT2D eigenvalue weighted by Gasteiger charge is 2.30. The first-order chi connectivity index (χ1) is 15.7. The molecule has 0 saturated carbocycles. The Hall–Kier alpha value is -2.64. The van der Waals surface area contributed by atoms with Gasteiger partial charge < -0.3 is 9.32 Å². The van der Waals surface area contributed by atoms with Crippen molar-refractivity contribution in [2.75, 3.05) is 13.1 Å². The van der Waals surface area contributed by atoms with E-state index >= 15 is 0 Å². The van der Waals surface area contributed by atoms with Crippen LogP contribution < -0.4 is 4.72 Å². The molecule has 2 heterocycles. The number of hydrogen-bond donors (Lipinski definition) is 1. The van der Waals surface area contributed by atoms with Crippen LogP contribution in [-0.4, -0.2) is 32.3 Å². The third-order valence-electron chi connectivity index (χ3n) is 6.76. The molecule has 176 valence electrons. The number of carbonyl (C=O) groups excluding carboxylic acids is 1. The maximum atomic E-state index is 13.5. The zero-order chi connectivity index (χ0) is 23.8. The summed E-state index contributed by atoms with van der Waals surface area (Å²) in [6.07, 6.45) is 4.20. The molecule has 6 nitrogen and oxygen atoms in total. The van der Waals surface area contributed by atoms with E-state index < -0.39 is 10.0 Å². The van der Waals surface area contributed by atoms with Gasteiger partial charge in [0, 0.05) is 30.6 Å². The Balaban J connectivity index is 1.76. The number of hydrogen-bond acceptors (Lipinski definition) is 4. The monoisotopic (exact) mass is 468 g/mol. The fraction of sp³-hybridized carbons (Fsp3) is 0.423. The smallest absolute Gasteiger partial charge is 0.289 e. The topological polar surface area (TPSA) is 79.6 Å². The third kappa shape index (κ3) is 4.57. The first kappa shape index (κ1) is 23.5. The van der Waals surface area contributed by atoms with Crippen molar-refractivity contribution in [2.45, 2.75) is 64.8 Å². The van der Waals surface area contributed by atoms with E-state index in [0.29, 0.717) is 29.6 Å². The van der Waals surface area contributed by atoms with E-state index in [0.717, 1.165) is 42.4 Å². The molecule has 1 fully saturated rings. The number of rotatable bonds is 5. The van der Waals surface area contributed by atoms with Crippen molar-refractivity contribution >= 4 is 26.9 Å². The largest absolute Gasteiger partial charge is 0.449 e. The molecule has 0 spiro atoms. The lowest BCUT2D eigenvalue weighted by Gasteiger charge is -2.19. The van der Waals surface area contributed by atoms with Gasteiger partial charge in [-0.1, -0.05) is 37.1 Å². The van der Waals surface area contributed by atoms with Gasteiger partial charge in [0.05, 0.1) is 0 Å². The summed E-state index contributed by atoms with van der Waals surface area (Å²) in [5, 5.41) is 0.674. The number of aryl methyl sites for hydroxylation is 3. The molecule has 7 heteroatoms. The van der Waals surface area contributed by atoms with Crippen LogP contribution in [0.5, 0.6) is 0 Å². The lowest BCUT2D eigenvalue weighted by molar-refractivity contribution is 0.0731. The van der Waals surface area contributed by atoms with Crippen LogP contribution in [-0.2, 0) is 16.6 Å². The summed E-state index contributed by atoms with van der Waals surface area (Å²) in [4.78, 5) is 15.2. The molecule has 0 aliphatic carbocycles. The Morgan fingerprint density at radius 3 is 2.30 bits per heavy atom. The second-order valence-corrected chi connectivity index (χ2v) is 10.7. The Labute approximate surface area is 196 Å². The molecule has 3 aromatic rings. The summed E-state index contributed by atoms with van der Waals surface area (Å²) >= 11 is 0. The van der Waals surface area contributed by atoms with E-state index in [1.54, 1.807) is 6.92 Å². The molecule has 1 saturated heterocycles. The molecule has 1 aliphatic rings. The van der Waals surface area contributed by atoms with Gasteiger partial charge in [0.25, 0.3) is 5.91 Å². The molecule has 1 aliphatic heterocycles. The number of likely N-dealkylation sites (tertiary alicyclic amines) is 1. The molecule has 0 atom stereocenters. The molecule has 1 aromatic heterocycles. The summed E-state index contributed by atoms with van der Waals surface area (Å²) in [5.74, 6) is 0.0874. The van der Waals surface area contributed by atoms with Gasteiger partial charge in [-0.3, -0.25) is 4.79 Å².